The van der Waals surface area contributed by atoms with Gasteiger partial charge in [-0.25, -0.2) is 0 Å². The summed E-state index contributed by atoms with van der Waals surface area (Å²) in [5.74, 6) is -0.329. The molecule has 4 aromatic rings. The number of hydrogen-bond acceptors (Lipinski definition) is 6. The topological polar surface area (TPSA) is 115 Å². The molecule has 9 nitrogen and oxygen atoms in total. The van der Waals surface area contributed by atoms with Gasteiger partial charge in [-0.3, -0.25) is 9.59 Å². The van der Waals surface area contributed by atoms with Crippen molar-refractivity contribution in [1.82, 2.24) is 25.5 Å². The average molecular weight is 388 g/mol. The van der Waals surface area contributed by atoms with E-state index in [-0.39, 0.29) is 17.6 Å². The molecule has 29 heavy (non-hydrogen) atoms. The number of nitrogens with one attached hydrogen (secondary N) is 2. The minimum Gasteiger partial charge on any atom is -0.459 e. The smallest absolute Gasteiger partial charge is 0.291 e. The number of para-hydroxylation sites is 1. The second-order valence-corrected chi connectivity index (χ2v) is 6.08. The van der Waals surface area contributed by atoms with Crippen molar-refractivity contribution >= 4 is 17.5 Å². The molecule has 0 bridgehead atoms. The van der Waals surface area contributed by atoms with Crippen LogP contribution in [-0.2, 0) is 6.54 Å². The molecule has 0 fully saturated rings. The first-order valence-electron chi connectivity index (χ1n) is 8.75. The first kappa shape index (κ1) is 18.1. The Bertz CT molecular complexity index is 1110. The maximum atomic E-state index is 12.6. The molecule has 2 heterocycles. The van der Waals surface area contributed by atoms with Crippen molar-refractivity contribution in [2.24, 2.45) is 0 Å². The Morgan fingerprint density at radius 2 is 1.79 bits per heavy atom. The van der Waals surface area contributed by atoms with Crippen LogP contribution in [0.15, 0.2) is 77.7 Å². The van der Waals surface area contributed by atoms with Crippen molar-refractivity contribution in [2.45, 2.75) is 6.54 Å². The fourth-order valence-electron chi connectivity index (χ4n) is 2.72. The number of hydrogen-bond donors (Lipinski definition) is 2. The van der Waals surface area contributed by atoms with Gasteiger partial charge in [0.05, 0.1) is 17.5 Å². The van der Waals surface area contributed by atoms with Crippen molar-refractivity contribution in [3.63, 3.8) is 0 Å². The second-order valence-electron chi connectivity index (χ2n) is 6.08. The Labute approximate surface area is 165 Å². The van der Waals surface area contributed by atoms with Crippen LogP contribution >= 0.6 is 0 Å². The number of carbonyl (C=O) groups is 2. The van der Waals surface area contributed by atoms with Gasteiger partial charge >= 0.3 is 0 Å². The van der Waals surface area contributed by atoms with E-state index in [0.29, 0.717) is 23.5 Å². The van der Waals surface area contributed by atoms with Gasteiger partial charge in [0.2, 0.25) is 0 Å². The highest BCUT2D eigenvalue weighted by Gasteiger charge is 2.13. The number of amides is 2. The Morgan fingerprint density at radius 1 is 0.966 bits per heavy atom. The fourth-order valence-corrected chi connectivity index (χ4v) is 2.72. The highest BCUT2D eigenvalue weighted by molar-refractivity contribution is 6.02. The number of nitrogens with zero attached hydrogens (tertiary/aromatic N) is 4. The molecule has 0 aliphatic rings. The van der Waals surface area contributed by atoms with Crippen molar-refractivity contribution < 1.29 is 14.0 Å². The van der Waals surface area contributed by atoms with Crippen LogP contribution in [-0.4, -0.2) is 32.0 Å². The normalized spacial score (nSPS) is 10.5. The molecule has 0 saturated carbocycles. The molecule has 0 aliphatic heterocycles. The van der Waals surface area contributed by atoms with E-state index in [9.17, 15) is 9.59 Å². The van der Waals surface area contributed by atoms with Crippen LogP contribution in [0, 0.1) is 0 Å². The first-order valence-corrected chi connectivity index (χ1v) is 8.75. The van der Waals surface area contributed by atoms with Crippen molar-refractivity contribution in [1.29, 1.82) is 0 Å². The molecule has 2 aromatic heterocycles. The summed E-state index contributed by atoms with van der Waals surface area (Å²) in [5.41, 5.74) is 2.56. The van der Waals surface area contributed by atoms with Gasteiger partial charge in [0.25, 0.3) is 11.8 Å². The van der Waals surface area contributed by atoms with Gasteiger partial charge in [0.15, 0.2) is 5.76 Å². The molecule has 0 unspecified atom stereocenters. The molecule has 0 saturated heterocycles. The van der Waals surface area contributed by atoms with E-state index in [2.05, 4.69) is 26.2 Å². The number of tetrazole rings is 1. The highest BCUT2D eigenvalue weighted by atomic mass is 16.3. The van der Waals surface area contributed by atoms with Gasteiger partial charge in [-0.15, -0.1) is 5.10 Å². The lowest BCUT2D eigenvalue weighted by Crippen LogP contribution is -2.24. The van der Waals surface area contributed by atoms with E-state index in [1.807, 2.05) is 18.2 Å². The molecular weight excluding hydrogens is 372 g/mol. The van der Waals surface area contributed by atoms with E-state index in [1.165, 1.54) is 17.3 Å². The second kappa shape index (κ2) is 8.17. The zero-order valence-corrected chi connectivity index (χ0v) is 15.1. The average Bonchev–Trinajstić information content (AvgIpc) is 3.47. The lowest BCUT2D eigenvalue weighted by Gasteiger charge is -2.10. The standard InChI is InChI=1S/C20H16N6O3/c27-19(16-4-1-2-5-17(16)26-13-22-24-25-26)21-12-14-7-9-15(10-8-14)23-20(28)18-6-3-11-29-18/h1-11,13H,12H2,(H,21,27)(H,23,28). The number of anilines is 1. The Hall–Kier alpha value is -4.27. The summed E-state index contributed by atoms with van der Waals surface area (Å²) < 4.78 is 6.50. The Balaban J connectivity index is 1.38. The third kappa shape index (κ3) is 4.19. The highest BCUT2D eigenvalue weighted by Crippen LogP contribution is 2.14. The third-order valence-electron chi connectivity index (χ3n) is 4.15. The largest absolute Gasteiger partial charge is 0.459 e. The molecule has 2 amide bonds. The van der Waals surface area contributed by atoms with E-state index < -0.39 is 0 Å². The van der Waals surface area contributed by atoms with Crippen LogP contribution < -0.4 is 10.6 Å². The summed E-state index contributed by atoms with van der Waals surface area (Å²) >= 11 is 0. The molecule has 0 atom stereocenters. The number of benzene rings is 2. The number of aromatic nitrogens is 4. The van der Waals surface area contributed by atoms with Gasteiger partial charge < -0.3 is 15.1 Å². The van der Waals surface area contributed by atoms with Crippen molar-refractivity contribution in [3.8, 4) is 5.69 Å². The monoisotopic (exact) mass is 388 g/mol. The van der Waals surface area contributed by atoms with E-state index in [1.54, 1.807) is 42.5 Å². The molecule has 0 aliphatic carbocycles. The van der Waals surface area contributed by atoms with Gasteiger partial charge in [0.1, 0.15) is 6.33 Å². The Kier molecular flexibility index (Phi) is 5.10. The lowest BCUT2D eigenvalue weighted by molar-refractivity contribution is 0.0949. The maximum absolute atomic E-state index is 12.6. The molecule has 0 spiro atoms. The summed E-state index contributed by atoms with van der Waals surface area (Å²) in [4.78, 5) is 24.6. The van der Waals surface area contributed by atoms with Crippen LogP contribution in [0.3, 0.4) is 0 Å². The first-order chi connectivity index (χ1) is 14.2. The summed E-state index contributed by atoms with van der Waals surface area (Å²) in [6.07, 6.45) is 2.88. The lowest BCUT2D eigenvalue weighted by atomic mass is 10.1. The van der Waals surface area contributed by atoms with E-state index >= 15 is 0 Å². The van der Waals surface area contributed by atoms with Crippen LogP contribution in [0.5, 0.6) is 0 Å². The number of carbonyl (C=O) groups excluding carboxylic acids is 2. The Morgan fingerprint density at radius 3 is 2.52 bits per heavy atom. The SMILES string of the molecule is O=C(Nc1ccc(CNC(=O)c2ccccc2-n2cnnn2)cc1)c1ccco1. The summed E-state index contributed by atoms with van der Waals surface area (Å²) in [6, 6.07) is 17.5. The zero-order chi connectivity index (χ0) is 20.1. The minimum atomic E-state index is -0.324. The van der Waals surface area contributed by atoms with Crippen LogP contribution in [0.25, 0.3) is 5.69 Å². The predicted octanol–water partition coefficient (Wildman–Crippen LogP) is 2.44. The summed E-state index contributed by atoms with van der Waals surface area (Å²) in [7, 11) is 0. The molecule has 9 heteroatoms. The van der Waals surface area contributed by atoms with Gasteiger partial charge in [0, 0.05) is 12.2 Å². The van der Waals surface area contributed by atoms with Gasteiger partial charge in [-0.05, 0) is 52.4 Å². The summed E-state index contributed by atoms with van der Waals surface area (Å²) in [5, 5.41) is 16.7. The van der Waals surface area contributed by atoms with Crippen molar-refractivity contribution in [3.05, 3.63) is 90.1 Å². The van der Waals surface area contributed by atoms with E-state index in [4.69, 9.17) is 4.42 Å². The van der Waals surface area contributed by atoms with E-state index in [0.717, 1.165) is 5.56 Å². The van der Waals surface area contributed by atoms with Crippen LogP contribution in [0.1, 0.15) is 26.5 Å². The third-order valence-corrected chi connectivity index (χ3v) is 4.15. The minimum absolute atomic E-state index is 0.239. The number of rotatable bonds is 6. The predicted molar refractivity (Wildman–Crippen MR) is 103 cm³/mol. The maximum Gasteiger partial charge on any atom is 0.291 e. The van der Waals surface area contributed by atoms with Crippen molar-refractivity contribution in [2.75, 3.05) is 5.32 Å². The van der Waals surface area contributed by atoms with Gasteiger partial charge in [-0.2, -0.15) is 4.68 Å². The van der Waals surface area contributed by atoms with Crippen LogP contribution in [0.4, 0.5) is 5.69 Å². The molecule has 2 N–H and O–H groups in total. The fraction of sp³-hybridized carbons (Fsp3) is 0.0500. The number of furan rings is 1. The molecular formula is C20H16N6O3. The van der Waals surface area contributed by atoms with Gasteiger partial charge in [-0.1, -0.05) is 24.3 Å². The summed E-state index contributed by atoms with van der Waals surface area (Å²) in [6.45, 7) is 0.329. The van der Waals surface area contributed by atoms with Crippen LogP contribution in [0.2, 0.25) is 0 Å². The molecule has 2 aromatic carbocycles. The zero-order valence-electron chi connectivity index (χ0n) is 15.1. The quantitative estimate of drug-likeness (QED) is 0.524. The molecule has 144 valence electrons. The molecule has 0 radical (unpaired) electrons. The molecule has 4 rings (SSSR count).